The van der Waals surface area contributed by atoms with Gasteiger partial charge in [-0.1, -0.05) is 0 Å². The van der Waals surface area contributed by atoms with Crippen molar-refractivity contribution in [3.05, 3.63) is 6.61 Å². The second-order valence-electron chi connectivity index (χ2n) is 5.27. The Morgan fingerprint density at radius 3 is 1.95 bits per heavy atom. The Balaban J connectivity index is 2.00. The maximum absolute atomic E-state index is 9.90. The smallest absolute Gasteiger partial charge is 0.187 e. The molecule has 2 aliphatic heterocycles. The number of hydrogen-bond acceptors (Lipinski definition) is 10. The topological polar surface area (TPSA) is 169 Å². The highest BCUT2D eigenvalue weighted by atomic mass is 16.7. The van der Waals surface area contributed by atoms with E-state index in [1.807, 2.05) is 0 Å². The second-order valence-corrected chi connectivity index (χ2v) is 5.27. The molecule has 10 heteroatoms. The molecular weight excluding hydrogens is 304 g/mol. The maximum Gasteiger partial charge on any atom is 0.187 e. The summed E-state index contributed by atoms with van der Waals surface area (Å²) in [6.07, 6.45) is -12.5. The molecule has 2 saturated heterocycles. The number of rotatable bonds is 4. The van der Waals surface area contributed by atoms with Crippen LogP contribution < -0.4 is 0 Å². The maximum atomic E-state index is 9.90. The lowest BCUT2D eigenvalue weighted by molar-refractivity contribution is -0.325. The quantitative estimate of drug-likeness (QED) is 0.267. The van der Waals surface area contributed by atoms with Crippen LogP contribution in [0.5, 0.6) is 0 Å². The van der Waals surface area contributed by atoms with Crippen molar-refractivity contribution in [2.75, 3.05) is 13.2 Å². The van der Waals surface area contributed by atoms with E-state index in [2.05, 4.69) is 0 Å². The summed E-state index contributed by atoms with van der Waals surface area (Å²) in [7, 11) is 0. The molecule has 129 valence electrons. The zero-order chi connectivity index (χ0) is 16.4. The molecule has 0 aromatic heterocycles. The van der Waals surface area contributed by atoms with Crippen molar-refractivity contribution in [2.45, 2.75) is 55.1 Å². The van der Waals surface area contributed by atoms with E-state index >= 15 is 0 Å². The molecule has 10 nitrogen and oxygen atoms in total. The van der Waals surface area contributed by atoms with Crippen molar-refractivity contribution in [3.8, 4) is 0 Å². The average Bonchev–Trinajstić information content (AvgIpc) is 2.52. The summed E-state index contributed by atoms with van der Waals surface area (Å²) in [4.78, 5) is 0. The fourth-order valence-corrected chi connectivity index (χ4v) is 2.35. The molecule has 2 rings (SSSR count). The number of ether oxygens (including phenoxy) is 3. The summed E-state index contributed by atoms with van der Waals surface area (Å²) in [6, 6.07) is 0. The van der Waals surface area contributed by atoms with E-state index in [-0.39, 0.29) is 0 Å². The molecular formula is C12H21O10. The van der Waals surface area contributed by atoms with Gasteiger partial charge in [0.15, 0.2) is 6.29 Å². The number of aliphatic hydroxyl groups excluding tert-OH is 7. The standard InChI is InChI=1S/C12H21O10/c13-1-4-7(15)9(17)6(3-20-4)22-12-11(19)10(18)8(16)5(2-14)21-12/h3-19H,1-2H2/t4-,5-,6+,7-,8-,9-,10+,11-,12?/m1/s1. The van der Waals surface area contributed by atoms with Gasteiger partial charge < -0.3 is 50.0 Å². The molecule has 0 aromatic rings. The number of hydrogen-bond donors (Lipinski definition) is 7. The molecule has 0 aromatic carbocycles. The van der Waals surface area contributed by atoms with E-state index in [4.69, 9.17) is 24.4 Å². The van der Waals surface area contributed by atoms with E-state index in [1.165, 1.54) is 0 Å². The molecule has 1 radical (unpaired) electrons. The zero-order valence-electron chi connectivity index (χ0n) is 11.5. The molecule has 9 atom stereocenters. The lowest BCUT2D eigenvalue weighted by Crippen LogP contribution is -2.61. The molecule has 2 heterocycles. The fraction of sp³-hybridized carbons (Fsp3) is 0.917. The first-order chi connectivity index (χ1) is 10.4. The summed E-state index contributed by atoms with van der Waals surface area (Å²) in [5.41, 5.74) is 0. The monoisotopic (exact) mass is 325 g/mol. The molecule has 0 spiro atoms. The lowest BCUT2D eigenvalue weighted by Gasteiger charge is -2.43. The predicted octanol–water partition coefficient (Wildman–Crippen LogP) is -4.55. The first-order valence-electron chi connectivity index (χ1n) is 6.82. The second kappa shape index (κ2) is 7.45. The molecule has 22 heavy (non-hydrogen) atoms. The minimum atomic E-state index is -1.63. The predicted molar refractivity (Wildman–Crippen MR) is 66.9 cm³/mol. The Morgan fingerprint density at radius 2 is 1.36 bits per heavy atom. The van der Waals surface area contributed by atoms with Gasteiger partial charge in [0.25, 0.3) is 0 Å². The molecule has 0 aliphatic carbocycles. The minimum absolute atomic E-state index is 0.512. The van der Waals surface area contributed by atoms with Gasteiger partial charge in [0.1, 0.15) is 55.4 Å². The highest BCUT2D eigenvalue weighted by Crippen LogP contribution is 2.27. The Bertz CT molecular complexity index is 353. The van der Waals surface area contributed by atoms with E-state index < -0.39 is 68.3 Å². The van der Waals surface area contributed by atoms with Gasteiger partial charge in [-0.2, -0.15) is 0 Å². The van der Waals surface area contributed by atoms with Crippen molar-refractivity contribution in [1.82, 2.24) is 0 Å². The van der Waals surface area contributed by atoms with Crippen molar-refractivity contribution < 1.29 is 50.0 Å². The summed E-state index contributed by atoms with van der Waals surface area (Å²) in [5, 5.41) is 66.7. The SMILES string of the molecule is OC[C@H]1O[CH][C@H](OC2O[C@H](CO)[C@@H](O)[C@H](O)[C@H]2O)[C@@H](O)[C@@H]1O. The largest absolute Gasteiger partial charge is 0.394 e. The third kappa shape index (κ3) is 3.41. The van der Waals surface area contributed by atoms with E-state index in [0.717, 1.165) is 6.61 Å². The van der Waals surface area contributed by atoms with Gasteiger partial charge in [0, 0.05) is 0 Å². The van der Waals surface area contributed by atoms with Gasteiger partial charge >= 0.3 is 0 Å². The van der Waals surface area contributed by atoms with Gasteiger partial charge in [-0.25, -0.2) is 0 Å². The van der Waals surface area contributed by atoms with Crippen LogP contribution >= 0.6 is 0 Å². The Labute approximate surface area is 126 Å². The lowest BCUT2D eigenvalue weighted by atomic mass is 9.98. The summed E-state index contributed by atoms with van der Waals surface area (Å²) in [5.74, 6) is 0. The van der Waals surface area contributed by atoms with Crippen LogP contribution in [0, 0.1) is 6.61 Å². The molecule has 7 N–H and O–H groups in total. The van der Waals surface area contributed by atoms with Crippen LogP contribution in [0.3, 0.4) is 0 Å². The molecule has 0 bridgehead atoms. The fourth-order valence-electron chi connectivity index (χ4n) is 2.35. The summed E-state index contributed by atoms with van der Waals surface area (Å²) < 4.78 is 15.4. The van der Waals surface area contributed by atoms with Gasteiger partial charge in [0.05, 0.1) is 13.2 Å². The Morgan fingerprint density at radius 1 is 0.773 bits per heavy atom. The Hall–Kier alpha value is -0.400. The average molecular weight is 325 g/mol. The van der Waals surface area contributed by atoms with Gasteiger partial charge in [-0.15, -0.1) is 0 Å². The van der Waals surface area contributed by atoms with Crippen LogP contribution in [-0.2, 0) is 14.2 Å². The van der Waals surface area contributed by atoms with Gasteiger partial charge in [0.2, 0.25) is 0 Å². The third-order valence-electron chi connectivity index (χ3n) is 3.77. The molecule has 1 unspecified atom stereocenters. The number of aliphatic hydroxyl groups is 7. The highest BCUT2D eigenvalue weighted by Gasteiger charge is 2.47. The van der Waals surface area contributed by atoms with Crippen LogP contribution in [-0.4, -0.2) is 104 Å². The normalized spacial score (nSPS) is 50.0. The third-order valence-corrected chi connectivity index (χ3v) is 3.77. The van der Waals surface area contributed by atoms with Crippen LogP contribution in [0.25, 0.3) is 0 Å². The van der Waals surface area contributed by atoms with E-state index in [0.29, 0.717) is 0 Å². The first-order valence-corrected chi connectivity index (χ1v) is 6.82. The first kappa shape index (κ1) is 17.9. The van der Waals surface area contributed by atoms with E-state index in [1.54, 1.807) is 0 Å². The van der Waals surface area contributed by atoms with E-state index in [9.17, 15) is 25.5 Å². The molecule has 0 amide bonds. The van der Waals surface area contributed by atoms with Crippen LogP contribution in [0.4, 0.5) is 0 Å². The van der Waals surface area contributed by atoms with Crippen LogP contribution in [0.1, 0.15) is 0 Å². The van der Waals surface area contributed by atoms with Crippen LogP contribution in [0.15, 0.2) is 0 Å². The van der Waals surface area contributed by atoms with Crippen molar-refractivity contribution in [3.63, 3.8) is 0 Å². The molecule has 0 saturated carbocycles. The van der Waals surface area contributed by atoms with Crippen molar-refractivity contribution in [1.29, 1.82) is 0 Å². The Kier molecular flexibility index (Phi) is 6.07. The summed E-state index contributed by atoms with van der Waals surface area (Å²) in [6.45, 7) is -0.103. The van der Waals surface area contributed by atoms with Crippen molar-refractivity contribution in [2.24, 2.45) is 0 Å². The molecule has 2 fully saturated rings. The highest BCUT2D eigenvalue weighted by molar-refractivity contribution is 4.95. The van der Waals surface area contributed by atoms with Gasteiger partial charge in [-0.3, -0.25) is 0 Å². The van der Waals surface area contributed by atoms with Gasteiger partial charge in [-0.05, 0) is 0 Å². The summed E-state index contributed by atoms with van der Waals surface area (Å²) >= 11 is 0. The van der Waals surface area contributed by atoms with Crippen molar-refractivity contribution >= 4 is 0 Å². The zero-order valence-corrected chi connectivity index (χ0v) is 11.5. The minimum Gasteiger partial charge on any atom is -0.394 e. The van der Waals surface area contributed by atoms with Crippen LogP contribution in [0.2, 0.25) is 0 Å². The molecule has 2 aliphatic rings.